The number of hydrogen-bond donors (Lipinski definition) is 2. The number of benzene rings is 1. The van der Waals surface area contributed by atoms with Gasteiger partial charge in [0.1, 0.15) is 0 Å². The molecular formula is C12H18N2. The molecule has 2 nitrogen and oxygen atoms in total. The maximum atomic E-state index is 5.72. The fourth-order valence-electron chi connectivity index (χ4n) is 1.32. The standard InChI is InChI=1S/C12H18N2/c1-3-4-5-6-10-9-11(13)7-8-12(10)14-2/h5-9,14H,3-4,13H2,1-2H3/b6-5-. The molecule has 0 aliphatic carbocycles. The summed E-state index contributed by atoms with van der Waals surface area (Å²) in [5, 5.41) is 3.14. The lowest BCUT2D eigenvalue weighted by Crippen LogP contribution is -1.93. The maximum absolute atomic E-state index is 5.72. The van der Waals surface area contributed by atoms with Gasteiger partial charge in [0.05, 0.1) is 0 Å². The summed E-state index contributed by atoms with van der Waals surface area (Å²) >= 11 is 0. The highest BCUT2D eigenvalue weighted by Crippen LogP contribution is 2.20. The molecule has 3 N–H and O–H groups in total. The maximum Gasteiger partial charge on any atom is 0.0412 e. The molecule has 0 atom stereocenters. The molecule has 0 aliphatic heterocycles. The number of unbranched alkanes of at least 4 members (excludes halogenated alkanes) is 1. The summed E-state index contributed by atoms with van der Waals surface area (Å²) in [4.78, 5) is 0. The van der Waals surface area contributed by atoms with Crippen LogP contribution in [0.2, 0.25) is 0 Å². The van der Waals surface area contributed by atoms with E-state index in [4.69, 9.17) is 5.73 Å². The Morgan fingerprint density at radius 1 is 1.43 bits per heavy atom. The van der Waals surface area contributed by atoms with Gasteiger partial charge in [-0.15, -0.1) is 0 Å². The average Bonchev–Trinajstić information content (AvgIpc) is 2.19. The first kappa shape index (κ1) is 10.6. The van der Waals surface area contributed by atoms with Crippen molar-refractivity contribution < 1.29 is 0 Å². The Bertz CT molecular complexity index is 316. The first-order chi connectivity index (χ1) is 6.77. The second-order valence-corrected chi connectivity index (χ2v) is 3.29. The lowest BCUT2D eigenvalue weighted by atomic mass is 10.1. The highest BCUT2D eigenvalue weighted by Gasteiger charge is 1.96. The molecule has 0 fully saturated rings. The summed E-state index contributed by atoms with van der Waals surface area (Å²) in [6.07, 6.45) is 6.58. The molecule has 0 saturated heterocycles. The summed E-state index contributed by atoms with van der Waals surface area (Å²) in [7, 11) is 1.92. The Hall–Kier alpha value is -1.44. The van der Waals surface area contributed by atoms with Gasteiger partial charge in [-0.25, -0.2) is 0 Å². The molecule has 0 bridgehead atoms. The minimum Gasteiger partial charge on any atom is -0.399 e. The molecular weight excluding hydrogens is 172 g/mol. The molecule has 0 aromatic heterocycles. The highest BCUT2D eigenvalue weighted by atomic mass is 14.8. The van der Waals surface area contributed by atoms with Crippen LogP contribution in [0.1, 0.15) is 25.3 Å². The monoisotopic (exact) mass is 190 g/mol. The van der Waals surface area contributed by atoms with Crippen molar-refractivity contribution in [3.05, 3.63) is 29.8 Å². The molecule has 0 heterocycles. The topological polar surface area (TPSA) is 38.0 Å². The molecule has 0 radical (unpaired) electrons. The van der Waals surface area contributed by atoms with Gasteiger partial charge >= 0.3 is 0 Å². The van der Waals surface area contributed by atoms with Crippen LogP contribution in [-0.4, -0.2) is 7.05 Å². The van der Waals surface area contributed by atoms with Crippen molar-refractivity contribution in [1.29, 1.82) is 0 Å². The van der Waals surface area contributed by atoms with Crippen LogP contribution in [-0.2, 0) is 0 Å². The van der Waals surface area contributed by atoms with E-state index in [0.717, 1.165) is 23.4 Å². The van der Waals surface area contributed by atoms with Gasteiger partial charge in [-0.05, 0) is 30.2 Å². The smallest absolute Gasteiger partial charge is 0.0412 e. The fourth-order valence-corrected chi connectivity index (χ4v) is 1.32. The van der Waals surface area contributed by atoms with Crippen LogP contribution in [0.3, 0.4) is 0 Å². The number of nitrogens with two attached hydrogens (primary N) is 1. The molecule has 0 unspecified atom stereocenters. The van der Waals surface area contributed by atoms with E-state index in [1.165, 1.54) is 6.42 Å². The second-order valence-electron chi connectivity index (χ2n) is 3.29. The summed E-state index contributed by atoms with van der Waals surface area (Å²) in [5.74, 6) is 0. The lowest BCUT2D eigenvalue weighted by Gasteiger charge is -2.05. The zero-order chi connectivity index (χ0) is 10.4. The normalized spacial score (nSPS) is 10.7. The lowest BCUT2D eigenvalue weighted by molar-refractivity contribution is 0.962. The van der Waals surface area contributed by atoms with E-state index in [0.29, 0.717) is 0 Å². The molecule has 0 amide bonds. The third-order valence-electron chi connectivity index (χ3n) is 2.10. The Morgan fingerprint density at radius 3 is 2.86 bits per heavy atom. The van der Waals surface area contributed by atoms with Crippen molar-refractivity contribution in [2.24, 2.45) is 0 Å². The van der Waals surface area contributed by atoms with Crippen LogP contribution in [0.15, 0.2) is 24.3 Å². The number of hydrogen-bond acceptors (Lipinski definition) is 2. The van der Waals surface area contributed by atoms with Gasteiger partial charge in [-0.2, -0.15) is 0 Å². The van der Waals surface area contributed by atoms with Crippen molar-refractivity contribution >= 4 is 17.5 Å². The number of rotatable bonds is 4. The van der Waals surface area contributed by atoms with E-state index in [2.05, 4.69) is 24.4 Å². The fraction of sp³-hybridized carbons (Fsp3) is 0.333. The molecule has 1 rings (SSSR count). The molecule has 1 aromatic carbocycles. The number of nitrogens with one attached hydrogen (secondary N) is 1. The quantitative estimate of drug-likeness (QED) is 0.716. The molecule has 2 heteroatoms. The largest absolute Gasteiger partial charge is 0.399 e. The number of anilines is 2. The van der Waals surface area contributed by atoms with Gasteiger partial charge in [-0.1, -0.05) is 25.5 Å². The molecule has 76 valence electrons. The van der Waals surface area contributed by atoms with E-state index < -0.39 is 0 Å². The average molecular weight is 190 g/mol. The first-order valence-electron chi connectivity index (χ1n) is 5.01. The van der Waals surface area contributed by atoms with Crippen molar-refractivity contribution in [2.45, 2.75) is 19.8 Å². The predicted octanol–water partition coefficient (Wildman–Crippen LogP) is 3.12. The summed E-state index contributed by atoms with van der Waals surface area (Å²) in [6, 6.07) is 5.89. The Labute approximate surface area is 85.8 Å². The second kappa shape index (κ2) is 5.32. The zero-order valence-electron chi connectivity index (χ0n) is 8.88. The van der Waals surface area contributed by atoms with Crippen LogP contribution in [0, 0.1) is 0 Å². The van der Waals surface area contributed by atoms with Gasteiger partial charge < -0.3 is 11.1 Å². The van der Waals surface area contributed by atoms with Crippen molar-refractivity contribution in [1.82, 2.24) is 0 Å². The zero-order valence-corrected chi connectivity index (χ0v) is 8.88. The predicted molar refractivity (Wildman–Crippen MR) is 64.3 cm³/mol. The van der Waals surface area contributed by atoms with Gasteiger partial charge in [0.2, 0.25) is 0 Å². The van der Waals surface area contributed by atoms with E-state index in [9.17, 15) is 0 Å². The van der Waals surface area contributed by atoms with E-state index in [1.54, 1.807) is 0 Å². The minimum absolute atomic E-state index is 0.806. The minimum atomic E-state index is 0.806. The molecule has 1 aromatic rings. The Morgan fingerprint density at radius 2 is 2.21 bits per heavy atom. The van der Waals surface area contributed by atoms with Crippen molar-refractivity contribution in [2.75, 3.05) is 18.1 Å². The van der Waals surface area contributed by atoms with Crippen LogP contribution in [0.25, 0.3) is 6.08 Å². The number of nitrogen functional groups attached to an aromatic ring is 1. The van der Waals surface area contributed by atoms with Gasteiger partial charge in [0.25, 0.3) is 0 Å². The van der Waals surface area contributed by atoms with Crippen molar-refractivity contribution in [3.63, 3.8) is 0 Å². The summed E-state index contributed by atoms with van der Waals surface area (Å²) in [6.45, 7) is 2.17. The first-order valence-corrected chi connectivity index (χ1v) is 5.01. The van der Waals surface area contributed by atoms with Gasteiger partial charge in [0, 0.05) is 18.4 Å². The molecule has 0 saturated carbocycles. The molecule has 0 spiro atoms. The van der Waals surface area contributed by atoms with Crippen LogP contribution in [0.4, 0.5) is 11.4 Å². The third kappa shape index (κ3) is 2.80. The van der Waals surface area contributed by atoms with E-state index >= 15 is 0 Å². The van der Waals surface area contributed by atoms with E-state index in [-0.39, 0.29) is 0 Å². The van der Waals surface area contributed by atoms with Crippen molar-refractivity contribution in [3.8, 4) is 0 Å². The van der Waals surface area contributed by atoms with Gasteiger partial charge in [-0.3, -0.25) is 0 Å². The molecule has 14 heavy (non-hydrogen) atoms. The molecule has 0 aliphatic rings. The highest BCUT2D eigenvalue weighted by molar-refractivity contribution is 5.70. The third-order valence-corrected chi connectivity index (χ3v) is 2.10. The Kier molecular flexibility index (Phi) is 4.05. The van der Waals surface area contributed by atoms with Crippen LogP contribution in [0.5, 0.6) is 0 Å². The van der Waals surface area contributed by atoms with Crippen LogP contribution >= 0.6 is 0 Å². The summed E-state index contributed by atoms with van der Waals surface area (Å²) < 4.78 is 0. The Balaban J connectivity index is 2.87. The van der Waals surface area contributed by atoms with Gasteiger partial charge in [0.15, 0.2) is 0 Å². The van der Waals surface area contributed by atoms with E-state index in [1.807, 2.05) is 25.2 Å². The summed E-state index contributed by atoms with van der Waals surface area (Å²) in [5.41, 5.74) is 8.80. The SMILES string of the molecule is CCC/C=C\c1cc(N)ccc1NC. The van der Waals surface area contributed by atoms with Crippen LogP contribution < -0.4 is 11.1 Å². The number of allylic oxidation sites excluding steroid dienone is 1.